The van der Waals surface area contributed by atoms with Gasteiger partial charge in [-0.2, -0.15) is 0 Å². The molecule has 0 spiro atoms. The van der Waals surface area contributed by atoms with Crippen LogP contribution < -0.4 is 5.32 Å². The molecule has 3 aromatic rings. The Hall–Kier alpha value is -1.78. The molecule has 2 aromatic carbocycles. The van der Waals surface area contributed by atoms with Crippen LogP contribution in [-0.4, -0.2) is 9.55 Å². The molecule has 22 heavy (non-hydrogen) atoms. The van der Waals surface area contributed by atoms with E-state index in [1.54, 1.807) is 0 Å². The Kier molecular flexibility index (Phi) is 4.50. The molecule has 0 aliphatic heterocycles. The number of rotatable bonds is 4. The fourth-order valence-electron chi connectivity index (χ4n) is 2.31. The molecule has 0 bridgehead atoms. The molecule has 1 heterocycles. The summed E-state index contributed by atoms with van der Waals surface area (Å²) in [6.07, 6.45) is 1.87. The average molecular weight is 377 g/mol. The minimum atomic E-state index is 0.641. The Bertz CT molecular complexity index is 798. The van der Waals surface area contributed by atoms with Crippen molar-refractivity contribution in [2.75, 3.05) is 5.32 Å². The van der Waals surface area contributed by atoms with Gasteiger partial charge in [0.25, 0.3) is 0 Å². The second kappa shape index (κ2) is 6.55. The van der Waals surface area contributed by atoms with Crippen molar-refractivity contribution in [2.24, 2.45) is 7.05 Å². The van der Waals surface area contributed by atoms with Gasteiger partial charge in [0.1, 0.15) is 0 Å². The number of hydrogen-bond donors (Lipinski definition) is 1. The first-order valence-electron chi connectivity index (χ1n) is 6.90. The monoisotopic (exact) mass is 375 g/mol. The van der Waals surface area contributed by atoms with Crippen LogP contribution in [-0.2, 0) is 13.6 Å². The maximum atomic E-state index is 6.18. The van der Waals surface area contributed by atoms with Crippen molar-refractivity contribution in [2.45, 2.75) is 6.54 Å². The van der Waals surface area contributed by atoms with Gasteiger partial charge in [0.15, 0.2) is 0 Å². The summed E-state index contributed by atoms with van der Waals surface area (Å²) in [4.78, 5) is 4.46. The molecular formula is C17H15BrClN3. The first kappa shape index (κ1) is 15.1. The van der Waals surface area contributed by atoms with Gasteiger partial charge in [-0.3, -0.25) is 0 Å². The van der Waals surface area contributed by atoms with Crippen LogP contribution in [0.2, 0.25) is 5.02 Å². The number of nitrogens with one attached hydrogen (secondary N) is 1. The fraction of sp³-hybridized carbons (Fsp3) is 0.118. The summed E-state index contributed by atoms with van der Waals surface area (Å²) in [6, 6.07) is 16.0. The van der Waals surface area contributed by atoms with Crippen molar-refractivity contribution in [1.29, 1.82) is 0 Å². The number of anilines is 1. The Morgan fingerprint density at radius 3 is 2.77 bits per heavy atom. The summed E-state index contributed by atoms with van der Waals surface area (Å²) in [5.74, 6) is 0.815. The molecule has 0 aliphatic carbocycles. The zero-order chi connectivity index (χ0) is 15.5. The van der Waals surface area contributed by atoms with E-state index < -0.39 is 0 Å². The third kappa shape index (κ3) is 3.18. The van der Waals surface area contributed by atoms with Crippen LogP contribution in [0.3, 0.4) is 0 Å². The third-order valence-corrected chi connectivity index (χ3v) is 4.37. The largest absolute Gasteiger partial charge is 0.352 e. The Labute approximate surface area is 143 Å². The fourth-order valence-corrected chi connectivity index (χ4v) is 2.91. The smallest absolute Gasteiger partial charge is 0.203 e. The van der Waals surface area contributed by atoms with Crippen LogP contribution in [0.1, 0.15) is 5.56 Å². The van der Waals surface area contributed by atoms with Crippen molar-refractivity contribution < 1.29 is 0 Å². The molecule has 0 saturated heterocycles. The van der Waals surface area contributed by atoms with E-state index in [1.807, 2.05) is 54.2 Å². The van der Waals surface area contributed by atoms with Crippen LogP contribution in [0, 0.1) is 0 Å². The number of nitrogens with zero attached hydrogens (tertiary/aromatic N) is 2. The quantitative estimate of drug-likeness (QED) is 0.685. The van der Waals surface area contributed by atoms with Gasteiger partial charge in [0.05, 0.1) is 11.9 Å². The Morgan fingerprint density at radius 1 is 1.18 bits per heavy atom. The first-order chi connectivity index (χ1) is 10.6. The van der Waals surface area contributed by atoms with E-state index >= 15 is 0 Å². The highest BCUT2D eigenvalue weighted by Crippen LogP contribution is 2.25. The Morgan fingerprint density at radius 2 is 2.00 bits per heavy atom. The maximum Gasteiger partial charge on any atom is 0.203 e. The van der Waals surface area contributed by atoms with Gasteiger partial charge in [0.2, 0.25) is 5.95 Å². The molecule has 0 unspecified atom stereocenters. The lowest BCUT2D eigenvalue weighted by Gasteiger charge is -2.09. The molecule has 3 nitrogen and oxygen atoms in total. The van der Waals surface area contributed by atoms with Crippen molar-refractivity contribution in [3.63, 3.8) is 0 Å². The minimum absolute atomic E-state index is 0.641. The van der Waals surface area contributed by atoms with Gasteiger partial charge in [-0.05, 0) is 23.8 Å². The zero-order valence-corrected chi connectivity index (χ0v) is 14.4. The van der Waals surface area contributed by atoms with Crippen LogP contribution >= 0.6 is 27.5 Å². The van der Waals surface area contributed by atoms with Gasteiger partial charge in [-0.1, -0.05) is 57.9 Å². The van der Waals surface area contributed by atoms with Gasteiger partial charge < -0.3 is 9.88 Å². The van der Waals surface area contributed by atoms with E-state index in [1.165, 1.54) is 0 Å². The highest BCUT2D eigenvalue weighted by Gasteiger charge is 2.09. The van der Waals surface area contributed by atoms with Crippen molar-refractivity contribution in [3.8, 4) is 11.3 Å². The molecule has 5 heteroatoms. The highest BCUT2D eigenvalue weighted by atomic mass is 79.9. The lowest BCUT2D eigenvalue weighted by atomic mass is 10.2. The summed E-state index contributed by atoms with van der Waals surface area (Å²) < 4.78 is 3.09. The average Bonchev–Trinajstić information content (AvgIpc) is 2.87. The summed E-state index contributed by atoms with van der Waals surface area (Å²) >= 11 is 9.68. The summed E-state index contributed by atoms with van der Waals surface area (Å²) in [7, 11) is 2.00. The summed E-state index contributed by atoms with van der Waals surface area (Å²) in [6.45, 7) is 0.641. The van der Waals surface area contributed by atoms with E-state index in [0.29, 0.717) is 6.54 Å². The van der Waals surface area contributed by atoms with Gasteiger partial charge in [-0.25, -0.2) is 4.98 Å². The molecule has 0 fully saturated rings. The second-order valence-corrected chi connectivity index (χ2v) is 6.30. The van der Waals surface area contributed by atoms with Gasteiger partial charge in [0, 0.05) is 28.7 Å². The minimum Gasteiger partial charge on any atom is -0.352 e. The van der Waals surface area contributed by atoms with Crippen molar-refractivity contribution in [1.82, 2.24) is 9.55 Å². The van der Waals surface area contributed by atoms with Crippen LogP contribution in [0.25, 0.3) is 11.3 Å². The van der Waals surface area contributed by atoms with Crippen molar-refractivity contribution >= 4 is 33.5 Å². The summed E-state index contributed by atoms with van der Waals surface area (Å²) in [5.41, 5.74) is 3.23. The Balaban J connectivity index is 1.81. The maximum absolute atomic E-state index is 6.18. The molecule has 0 amide bonds. The van der Waals surface area contributed by atoms with Crippen LogP contribution in [0.5, 0.6) is 0 Å². The van der Waals surface area contributed by atoms with Crippen LogP contribution in [0.4, 0.5) is 5.95 Å². The topological polar surface area (TPSA) is 29.9 Å². The van der Waals surface area contributed by atoms with Gasteiger partial charge >= 0.3 is 0 Å². The number of aromatic nitrogens is 2. The second-order valence-electron chi connectivity index (χ2n) is 4.98. The molecular weight excluding hydrogens is 362 g/mol. The van der Waals surface area contributed by atoms with E-state index in [2.05, 4.69) is 38.4 Å². The highest BCUT2D eigenvalue weighted by molar-refractivity contribution is 9.10. The summed E-state index contributed by atoms with van der Waals surface area (Å²) in [5, 5.41) is 4.09. The lowest BCUT2D eigenvalue weighted by Crippen LogP contribution is -2.06. The van der Waals surface area contributed by atoms with Crippen molar-refractivity contribution in [3.05, 3.63) is 69.8 Å². The zero-order valence-electron chi connectivity index (χ0n) is 12.1. The van der Waals surface area contributed by atoms with E-state index in [0.717, 1.165) is 32.3 Å². The molecule has 3 rings (SSSR count). The predicted octanol–water partition coefficient (Wildman–Crippen LogP) is 5.12. The molecule has 0 aliphatic rings. The number of hydrogen-bond acceptors (Lipinski definition) is 2. The van der Waals surface area contributed by atoms with E-state index in [-0.39, 0.29) is 0 Å². The molecule has 0 atom stereocenters. The SMILES string of the molecule is Cn1c(-c2cccc(Br)c2)cnc1NCc1ccccc1Cl. The lowest BCUT2D eigenvalue weighted by molar-refractivity contribution is 0.907. The van der Waals surface area contributed by atoms with Gasteiger partial charge in [-0.15, -0.1) is 0 Å². The molecule has 1 aromatic heterocycles. The molecule has 112 valence electrons. The normalized spacial score (nSPS) is 10.7. The predicted molar refractivity (Wildman–Crippen MR) is 95.1 cm³/mol. The number of benzene rings is 2. The molecule has 1 N–H and O–H groups in total. The van der Waals surface area contributed by atoms with E-state index in [4.69, 9.17) is 11.6 Å². The molecule has 0 saturated carbocycles. The standard InChI is InChI=1S/C17H15BrClN3/c1-22-16(12-6-4-7-14(18)9-12)11-21-17(22)20-10-13-5-2-3-8-15(13)19/h2-9,11H,10H2,1H3,(H,20,21). The molecule has 0 radical (unpaired) electrons. The number of halogens is 2. The third-order valence-electron chi connectivity index (χ3n) is 3.50. The first-order valence-corrected chi connectivity index (χ1v) is 8.07. The van der Waals surface area contributed by atoms with E-state index in [9.17, 15) is 0 Å². The van der Waals surface area contributed by atoms with Crippen LogP contribution in [0.15, 0.2) is 59.2 Å². The number of imidazole rings is 1.